The molecule has 1 aromatic heterocycles. The van der Waals surface area contributed by atoms with Gasteiger partial charge in [0.15, 0.2) is 0 Å². The standard InChI is InChI=1S/C13H11Cl2N5OS/c14-5-2-1-4(3-6(5)15)9-7-8(16)10(11(17)21)22-12(7)20-13(18)19-9/h1-3,8,10H,16H2,(H2,17,21)(H2,18,19,20). The van der Waals surface area contributed by atoms with Crippen LogP contribution >= 0.6 is 35.0 Å². The van der Waals surface area contributed by atoms with Crippen molar-refractivity contribution in [1.82, 2.24) is 9.97 Å². The lowest BCUT2D eigenvalue weighted by Crippen LogP contribution is -2.33. The molecule has 2 aromatic rings. The lowest BCUT2D eigenvalue weighted by atomic mass is 9.99. The van der Waals surface area contributed by atoms with E-state index in [4.69, 9.17) is 40.4 Å². The zero-order valence-corrected chi connectivity index (χ0v) is 13.4. The second-order valence-corrected chi connectivity index (χ2v) is 6.69. The molecule has 0 spiro atoms. The van der Waals surface area contributed by atoms with Gasteiger partial charge in [-0.25, -0.2) is 9.97 Å². The number of carbonyl (C=O) groups excluding carboxylic acids is 1. The number of fused-ring (bicyclic) bond motifs is 1. The van der Waals surface area contributed by atoms with E-state index in [0.29, 0.717) is 31.9 Å². The van der Waals surface area contributed by atoms with Crippen molar-refractivity contribution >= 4 is 46.8 Å². The minimum absolute atomic E-state index is 0.0876. The SMILES string of the molecule is NC(=O)C1Sc2nc(N)nc(-c3ccc(Cl)c(Cl)c3)c2C1N. The highest BCUT2D eigenvalue weighted by Crippen LogP contribution is 2.46. The molecular weight excluding hydrogens is 345 g/mol. The highest BCUT2D eigenvalue weighted by atomic mass is 35.5. The molecule has 0 bridgehead atoms. The van der Waals surface area contributed by atoms with E-state index >= 15 is 0 Å². The maximum atomic E-state index is 11.5. The van der Waals surface area contributed by atoms with E-state index in [-0.39, 0.29) is 5.95 Å². The maximum absolute atomic E-state index is 11.5. The second-order valence-electron chi connectivity index (χ2n) is 4.74. The summed E-state index contributed by atoms with van der Waals surface area (Å²) in [5.41, 5.74) is 19.1. The van der Waals surface area contributed by atoms with Gasteiger partial charge >= 0.3 is 0 Å². The summed E-state index contributed by atoms with van der Waals surface area (Å²) in [4.78, 5) is 19.9. The first-order valence-electron chi connectivity index (χ1n) is 6.23. The van der Waals surface area contributed by atoms with Crippen LogP contribution in [0.15, 0.2) is 23.2 Å². The molecule has 1 aromatic carbocycles. The number of hydrogen-bond acceptors (Lipinski definition) is 6. The number of aromatic nitrogens is 2. The van der Waals surface area contributed by atoms with Crippen LogP contribution in [0.25, 0.3) is 11.3 Å². The summed E-state index contributed by atoms with van der Waals surface area (Å²) in [5.74, 6) is -0.418. The maximum Gasteiger partial charge on any atom is 0.232 e. The van der Waals surface area contributed by atoms with E-state index in [0.717, 1.165) is 0 Å². The number of benzene rings is 1. The number of nitrogens with two attached hydrogens (primary N) is 3. The number of nitrogen functional groups attached to an aromatic ring is 1. The monoisotopic (exact) mass is 355 g/mol. The summed E-state index contributed by atoms with van der Waals surface area (Å²) in [6, 6.07) is 4.47. The third kappa shape index (κ3) is 2.50. The lowest BCUT2D eigenvalue weighted by molar-refractivity contribution is -0.117. The smallest absolute Gasteiger partial charge is 0.232 e. The van der Waals surface area contributed by atoms with Gasteiger partial charge in [-0.3, -0.25) is 4.79 Å². The average Bonchev–Trinajstić information content (AvgIpc) is 2.78. The van der Waals surface area contributed by atoms with Crippen molar-refractivity contribution in [3.63, 3.8) is 0 Å². The normalized spacial score (nSPS) is 20.0. The average molecular weight is 356 g/mol. The number of hydrogen-bond donors (Lipinski definition) is 3. The fraction of sp³-hybridized carbons (Fsp3) is 0.154. The molecule has 1 amide bonds. The molecule has 2 atom stereocenters. The predicted octanol–water partition coefficient (Wildman–Crippen LogP) is 1.99. The fourth-order valence-corrected chi connectivity index (χ4v) is 3.74. The Morgan fingerprint density at radius 2 is 1.95 bits per heavy atom. The van der Waals surface area contributed by atoms with Gasteiger partial charge in [0.25, 0.3) is 0 Å². The molecule has 1 aliphatic heterocycles. The third-order valence-electron chi connectivity index (χ3n) is 3.30. The van der Waals surface area contributed by atoms with E-state index in [9.17, 15) is 4.79 Å². The quantitative estimate of drug-likeness (QED) is 0.708. The van der Waals surface area contributed by atoms with Crippen LogP contribution in [0.4, 0.5) is 5.95 Å². The van der Waals surface area contributed by atoms with Crippen LogP contribution < -0.4 is 17.2 Å². The lowest BCUT2D eigenvalue weighted by Gasteiger charge is -2.14. The number of primary amides is 1. The number of rotatable bonds is 2. The van der Waals surface area contributed by atoms with Crippen LogP contribution in [-0.2, 0) is 4.79 Å². The summed E-state index contributed by atoms with van der Waals surface area (Å²) < 4.78 is 0. The largest absolute Gasteiger partial charge is 0.369 e. The molecule has 0 saturated heterocycles. The first kappa shape index (κ1) is 15.4. The minimum atomic E-state index is -0.609. The first-order valence-corrected chi connectivity index (χ1v) is 7.86. The Balaban J connectivity index is 2.18. The van der Waals surface area contributed by atoms with E-state index in [1.54, 1.807) is 18.2 Å². The molecule has 0 saturated carbocycles. The number of nitrogens with zero attached hydrogens (tertiary/aromatic N) is 2. The molecule has 0 fully saturated rings. The molecule has 0 aliphatic carbocycles. The van der Waals surface area contributed by atoms with Gasteiger partial charge in [0.05, 0.1) is 21.8 Å². The predicted molar refractivity (Wildman–Crippen MR) is 87.7 cm³/mol. The van der Waals surface area contributed by atoms with Gasteiger partial charge in [0, 0.05) is 11.1 Å². The molecule has 6 nitrogen and oxygen atoms in total. The van der Waals surface area contributed by atoms with E-state index in [1.165, 1.54) is 11.8 Å². The van der Waals surface area contributed by atoms with Crippen LogP contribution in [0.1, 0.15) is 11.6 Å². The zero-order chi connectivity index (χ0) is 16.0. The van der Waals surface area contributed by atoms with Gasteiger partial charge < -0.3 is 17.2 Å². The number of anilines is 1. The van der Waals surface area contributed by atoms with E-state index in [2.05, 4.69) is 9.97 Å². The van der Waals surface area contributed by atoms with Gasteiger partial charge in [0.2, 0.25) is 11.9 Å². The highest BCUT2D eigenvalue weighted by Gasteiger charge is 2.38. The third-order valence-corrected chi connectivity index (χ3v) is 5.35. The van der Waals surface area contributed by atoms with Gasteiger partial charge in [-0.1, -0.05) is 41.0 Å². The molecular formula is C13H11Cl2N5OS. The zero-order valence-electron chi connectivity index (χ0n) is 11.1. The summed E-state index contributed by atoms with van der Waals surface area (Å²) in [7, 11) is 0. The van der Waals surface area contributed by atoms with Crippen molar-refractivity contribution in [2.75, 3.05) is 5.73 Å². The van der Waals surface area contributed by atoms with Gasteiger partial charge in [-0.05, 0) is 12.1 Å². The van der Waals surface area contributed by atoms with E-state index in [1.807, 2.05) is 0 Å². The topological polar surface area (TPSA) is 121 Å². The Labute approximate surface area is 140 Å². The number of thioether (sulfide) groups is 1. The molecule has 6 N–H and O–H groups in total. The summed E-state index contributed by atoms with van der Waals surface area (Å²) in [6.07, 6.45) is 0. The highest BCUT2D eigenvalue weighted by molar-refractivity contribution is 8.01. The van der Waals surface area contributed by atoms with Crippen LogP contribution in [0, 0.1) is 0 Å². The van der Waals surface area contributed by atoms with Gasteiger partial charge in [-0.2, -0.15) is 0 Å². The minimum Gasteiger partial charge on any atom is -0.369 e. The summed E-state index contributed by atoms with van der Waals surface area (Å²) in [5, 5.41) is 0.769. The van der Waals surface area contributed by atoms with Crippen molar-refractivity contribution in [1.29, 1.82) is 0 Å². The second kappa shape index (κ2) is 5.58. The Bertz CT molecular complexity index is 785. The molecule has 114 valence electrons. The van der Waals surface area contributed by atoms with Crippen LogP contribution in [0.2, 0.25) is 10.0 Å². The molecule has 9 heteroatoms. The molecule has 0 radical (unpaired) electrons. The van der Waals surface area contributed by atoms with Crippen LogP contribution in [0.5, 0.6) is 0 Å². The number of amides is 1. The van der Waals surface area contributed by atoms with Gasteiger partial charge in [-0.15, -0.1) is 0 Å². The van der Waals surface area contributed by atoms with Gasteiger partial charge in [0.1, 0.15) is 10.3 Å². The first-order chi connectivity index (χ1) is 10.4. The van der Waals surface area contributed by atoms with Crippen molar-refractivity contribution in [3.05, 3.63) is 33.8 Å². The van der Waals surface area contributed by atoms with Crippen LogP contribution in [-0.4, -0.2) is 21.1 Å². The number of halogens is 2. The molecule has 3 rings (SSSR count). The van der Waals surface area contributed by atoms with Crippen molar-refractivity contribution < 1.29 is 4.79 Å². The van der Waals surface area contributed by atoms with E-state index < -0.39 is 17.2 Å². The Kier molecular flexibility index (Phi) is 3.90. The number of carbonyl (C=O) groups is 1. The Hall–Kier alpha value is -1.54. The van der Waals surface area contributed by atoms with Crippen molar-refractivity contribution in [2.45, 2.75) is 16.3 Å². The van der Waals surface area contributed by atoms with Crippen molar-refractivity contribution in [2.24, 2.45) is 11.5 Å². The summed E-state index contributed by atoms with van der Waals surface area (Å²) >= 11 is 13.2. The Morgan fingerprint density at radius 3 is 2.59 bits per heavy atom. The van der Waals surface area contributed by atoms with Crippen molar-refractivity contribution in [3.8, 4) is 11.3 Å². The molecule has 2 heterocycles. The fourth-order valence-electron chi connectivity index (χ4n) is 2.30. The molecule has 2 unspecified atom stereocenters. The molecule has 1 aliphatic rings. The summed E-state index contributed by atoms with van der Waals surface area (Å²) in [6.45, 7) is 0. The molecule has 22 heavy (non-hydrogen) atoms. The van der Waals surface area contributed by atoms with Crippen LogP contribution in [0.3, 0.4) is 0 Å². The Morgan fingerprint density at radius 1 is 1.23 bits per heavy atom.